The Morgan fingerprint density at radius 3 is 2.54 bits per heavy atom. The number of aromatic nitrogens is 3. The fraction of sp³-hybridized carbons (Fsp3) is 0.211. The van der Waals surface area contributed by atoms with Gasteiger partial charge in [-0.2, -0.15) is 0 Å². The molecular weight excluding hydrogens is 302 g/mol. The van der Waals surface area contributed by atoms with Crippen molar-refractivity contribution < 1.29 is 9.21 Å². The first-order chi connectivity index (χ1) is 11.4. The molecule has 2 heterocycles. The van der Waals surface area contributed by atoms with Crippen molar-refractivity contribution >= 4 is 11.9 Å². The number of carbonyl (C=O) groups excluding carboxylic acids is 1. The molecule has 1 aromatic carbocycles. The van der Waals surface area contributed by atoms with Crippen LogP contribution in [0.4, 0.5) is 0 Å². The van der Waals surface area contributed by atoms with E-state index in [0.717, 1.165) is 11.4 Å². The highest BCUT2D eigenvalue weighted by Crippen LogP contribution is 2.23. The largest absolute Gasteiger partial charge is 0.465 e. The van der Waals surface area contributed by atoms with E-state index in [1.165, 1.54) is 6.08 Å². The van der Waals surface area contributed by atoms with Crippen molar-refractivity contribution in [2.24, 2.45) is 0 Å². The molecule has 0 saturated heterocycles. The van der Waals surface area contributed by atoms with E-state index in [0.29, 0.717) is 11.3 Å². The molecule has 0 saturated carbocycles. The number of hydrogen-bond acceptors (Lipinski definition) is 4. The molecule has 0 amide bonds. The van der Waals surface area contributed by atoms with Gasteiger partial charge in [-0.25, -0.2) is 4.68 Å². The molecule has 24 heavy (non-hydrogen) atoms. The third-order valence-corrected chi connectivity index (χ3v) is 3.66. The van der Waals surface area contributed by atoms with E-state index in [-0.39, 0.29) is 11.2 Å². The van der Waals surface area contributed by atoms with Gasteiger partial charge in [-0.1, -0.05) is 26.0 Å². The molecular formula is C19H19N3O2. The van der Waals surface area contributed by atoms with Gasteiger partial charge in [0.05, 0.1) is 23.8 Å². The van der Waals surface area contributed by atoms with Crippen LogP contribution >= 0.6 is 0 Å². The Hall–Kier alpha value is -2.95. The second kappa shape index (κ2) is 6.28. The minimum atomic E-state index is -0.0763. The topological polar surface area (TPSA) is 60.9 Å². The summed E-state index contributed by atoms with van der Waals surface area (Å²) >= 11 is 0. The van der Waals surface area contributed by atoms with Gasteiger partial charge in [0.1, 0.15) is 5.76 Å². The number of nitrogens with zero attached hydrogens (tertiary/aromatic N) is 3. The van der Waals surface area contributed by atoms with Gasteiger partial charge in [-0.05, 0) is 48.6 Å². The smallest absolute Gasteiger partial charge is 0.185 e. The van der Waals surface area contributed by atoms with Crippen LogP contribution in [0.3, 0.4) is 0 Å². The molecule has 0 unspecified atom stereocenters. The molecule has 5 nitrogen and oxygen atoms in total. The SMILES string of the molecule is CC(C)(C)c1cnnn1-c1ccc(C(=O)/C=C\c2ccco2)cc1. The van der Waals surface area contributed by atoms with Crippen LogP contribution in [0.25, 0.3) is 11.8 Å². The lowest BCUT2D eigenvalue weighted by Crippen LogP contribution is -2.17. The Morgan fingerprint density at radius 2 is 1.92 bits per heavy atom. The van der Waals surface area contributed by atoms with Gasteiger partial charge in [0, 0.05) is 11.0 Å². The van der Waals surface area contributed by atoms with Crippen molar-refractivity contribution in [1.82, 2.24) is 15.0 Å². The fourth-order valence-electron chi connectivity index (χ4n) is 2.34. The number of ketones is 1. The summed E-state index contributed by atoms with van der Waals surface area (Å²) < 4.78 is 6.97. The van der Waals surface area contributed by atoms with E-state index < -0.39 is 0 Å². The molecule has 0 spiro atoms. The predicted molar refractivity (Wildman–Crippen MR) is 92.1 cm³/mol. The van der Waals surface area contributed by atoms with Gasteiger partial charge in [0.15, 0.2) is 5.78 Å². The van der Waals surface area contributed by atoms with Crippen molar-refractivity contribution in [3.63, 3.8) is 0 Å². The Morgan fingerprint density at radius 1 is 1.17 bits per heavy atom. The molecule has 122 valence electrons. The van der Waals surface area contributed by atoms with Crippen LogP contribution in [0.5, 0.6) is 0 Å². The quantitative estimate of drug-likeness (QED) is 0.537. The summed E-state index contributed by atoms with van der Waals surface area (Å²) in [5.74, 6) is 0.574. The van der Waals surface area contributed by atoms with Crippen LogP contribution in [0.1, 0.15) is 42.6 Å². The van der Waals surface area contributed by atoms with E-state index in [1.807, 2.05) is 12.1 Å². The lowest BCUT2D eigenvalue weighted by atomic mass is 9.92. The third kappa shape index (κ3) is 3.35. The number of hydrogen-bond donors (Lipinski definition) is 0. The lowest BCUT2D eigenvalue weighted by molar-refractivity contribution is 0.104. The van der Waals surface area contributed by atoms with Crippen LogP contribution in [0.15, 0.2) is 59.4 Å². The molecule has 0 atom stereocenters. The van der Waals surface area contributed by atoms with Crippen LogP contribution in [-0.4, -0.2) is 20.8 Å². The number of rotatable bonds is 4. The first-order valence-corrected chi connectivity index (χ1v) is 7.73. The Kier molecular flexibility index (Phi) is 4.16. The summed E-state index contributed by atoms with van der Waals surface area (Å²) in [5.41, 5.74) is 2.44. The molecule has 3 aromatic rings. The molecule has 0 aliphatic carbocycles. The van der Waals surface area contributed by atoms with Gasteiger partial charge in [-0.3, -0.25) is 4.79 Å². The van der Waals surface area contributed by atoms with Crippen molar-refractivity contribution in [3.05, 3.63) is 72.0 Å². The monoisotopic (exact) mass is 321 g/mol. The van der Waals surface area contributed by atoms with Crippen LogP contribution < -0.4 is 0 Å². The average Bonchev–Trinajstić information content (AvgIpc) is 3.23. The Labute approximate surface area is 140 Å². The maximum absolute atomic E-state index is 12.2. The second-order valence-corrected chi connectivity index (χ2v) is 6.54. The Bertz CT molecular complexity index is 851. The fourth-order valence-corrected chi connectivity index (χ4v) is 2.34. The first-order valence-electron chi connectivity index (χ1n) is 7.73. The summed E-state index contributed by atoms with van der Waals surface area (Å²) in [6.45, 7) is 6.33. The van der Waals surface area contributed by atoms with E-state index in [9.17, 15) is 4.79 Å². The number of furan rings is 1. The standard InChI is InChI=1S/C19H19N3O2/c1-19(2,3)18-13-20-21-22(18)15-8-6-14(7-9-15)17(23)11-10-16-5-4-12-24-16/h4-13H,1-3H3/b11-10-. The molecule has 0 radical (unpaired) electrons. The van der Waals surface area contributed by atoms with Crippen LogP contribution in [0, 0.1) is 0 Å². The maximum atomic E-state index is 12.2. The number of carbonyl (C=O) groups is 1. The number of benzene rings is 1. The van der Waals surface area contributed by atoms with Gasteiger partial charge in [0.2, 0.25) is 0 Å². The zero-order valence-electron chi connectivity index (χ0n) is 13.9. The summed E-state index contributed by atoms with van der Waals surface area (Å²) in [7, 11) is 0. The van der Waals surface area contributed by atoms with Gasteiger partial charge in [-0.15, -0.1) is 5.10 Å². The molecule has 3 rings (SSSR count). The highest BCUT2D eigenvalue weighted by molar-refractivity contribution is 6.06. The van der Waals surface area contributed by atoms with E-state index >= 15 is 0 Å². The summed E-state index contributed by atoms with van der Waals surface area (Å²) in [5, 5.41) is 8.16. The van der Waals surface area contributed by atoms with E-state index in [2.05, 4.69) is 31.1 Å². The molecule has 0 aliphatic rings. The van der Waals surface area contributed by atoms with Gasteiger partial charge in [0.25, 0.3) is 0 Å². The van der Waals surface area contributed by atoms with Crippen LogP contribution in [0.2, 0.25) is 0 Å². The maximum Gasteiger partial charge on any atom is 0.185 e. The normalized spacial score (nSPS) is 12.0. The average molecular weight is 321 g/mol. The highest BCUT2D eigenvalue weighted by Gasteiger charge is 2.20. The highest BCUT2D eigenvalue weighted by atomic mass is 16.3. The molecule has 0 N–H and O–H groups in total. The molecule has 2 aromatic heterocycles. The van der Waals surface area contributed by atoms with Crippen LogP contribution in [-0.2, 0) is 5.41 Å². The minimum Gasteiger partial charge on any atom is -0.465 e. The van der Waals surface area contributed by atoms with Gasteiger partial charge < -0.3 is 4.42 Å². The van der Waals surface area contributed by atoms with E-state index in [1.54, 1.807) is 47.5 Å². The molecule has 0 fully saturated rings. The summed E-state index contributed by atoms with van der Waals surface area (Å²) in [6.07, 6.45) is 6.50. The first kappa shape index (κ1) is 15.9. The predicted octanol–water partition coefficient (Wildman–Crippen LogP) is 4.05. The third-order valence-electron chi connectivity index (χ3n) is 3.66. The second-order valence-electron chi connectivity index (χ2n) is 6.54. The zero-order valence-corrected chi connectivity index (χ0v) is 13.9. The van der Waals surface area contributed by atoms with Crippen molar-refractivity contribution in [3.8, 4) is 5.69 Å². The van der Waals surface area contributed by atoms with Crippen molar-refractivity contribution in [2.75, 3.05) is 0 Å². The Balaban J connectivity index is 1.81. The molecule has 5 heteroatoms. The zero-order chi connectivity index (χ0) is 17.2. The van der Waals surface area contributed by atoms with Gasteiger partial charge >= 0.3 is 0 Å². The molecule has 0 aliphatic heterocycles. The van der Waals surface area contributed by atoms with Crippen molar-refractivity contribution in [1.29, 1.82) is 0 Å². The molecule has 0 bridgehead atoms. The minimum absolute atomic E-state index is 0.0657. The van der Waals surface area contributed by atoms with E-state index in [4.69, 9.17) is 4.42 Å². The van der Waals surface area contributed by atoms with Crippen molar-refractivity contribution in [2.45, 2.75) is 26.2 Å². The number of allylic oxidation sites excluding steroid dienone is 1. The summed E-state index contributed by atoms with van der Waals surface area (Å²) in [6, 6.07) is 10.9. The summed E-state index contributed by atoms with van der Waals surface area (Å²) in [4.78, 5) is 12.2. The lowest BCUT2D eigenvalue weighted by Gasteiger charge is -2.19.